The van der Waals surface area contributed by atoms with Gasteiger partial charge in [0.25, 0.3) is 5.91 Å². The highest BCUT2D eigenvalue weighted by Gasteiger charge is 2.21. The molecule has 1 amide bonds. The highest BCUT2D eigenvalue weighted by Crippen LogP contribution is 2.29. The van der Waals surface area contributed by atoms with Crippen LogP contribution in [0.4, 0.5) is 5.69 Å². The molecule has 29 heavy (non-hydrogen) atoms. The number of ether oxygens (including phenoxy) is 4. The Kier molecular flexibility index (Phi) is 7.88. The molecule has 7 nitrogen and oxygen atoms in total. The van der Waals surface area contributed by atoms with Crippen molar-refractivity contribution in [2.75, 3.05) is 26.1 Å². The predicted molar refractivity (Wildman–Crippen MR) is 110 cm³/mol. The molecule has 0 unspecified atom stereocenters. The lowest BCUT2D eigenvalue weighted by Gasteiger charge is -2.16. The normalized spacial score (nSPS) is 11.5. The number of amides is 1. The monoisotopic (exact) mass is 401 g/mol. The van der Waals surface area contributed by atoms with E-state index in [1.54, 1.807) is 36.4 Å². The number of hydrogen-bond acceptors (Lipinski definition) is 6. The first kappa shape index (κ1) is 22.1. The minimum absolute atomic E-state index is 0.260. The predicted octanol–water partition coefficient (Wildman–Crippen LogP) is 3.92. The van der Waals surface area contributed by atoms with Crippen LogP contribution in [0, 0.1) is 5.92 Å². The third kappa shape index (κ3) is 6.14. The van der Waals surface area contributed by atoms with Crippen molar-refractivity contribution in [2.45, 2.75) is 26.9 Å². The van der Waals surface area contributed by atoms with E-state index in [0.717, 1.165) is 0 Å². The molecule has 1 atom stereocenters. The van der Waals surface area contributed by atoms with E-state index in [-0.39, 0.29) is 5.56 Å². The van der Waals surface area contributed by atoms with E-state index < -0.39 is 18.0 Å². The molecule has 1 N–H and O–H groups in total. The minimum Gasteiger partial charge on any atom is -0.495 e. The van der Waals surface area contributed by atoms with Gasteiger partial charge in [0.1, 0.15) is 5.75 Å². The van der Waals surface area contributed by atoms with Crippen molar-refractivity contribution in [1.29, 1.82) is 0 Å². The molecule has 0 aliphatic heterocycles. The van der Waals surface area contributed by atoms with Crippen LogP contribution >= 0.6 is 0 Å². The molecule has 0 heterocycles. The second kappa shape index (κ2) is 10.4. The lowest BCUT2D eigenvalue weighted by atomic mass is 10.2. The Bertz CT molecular complexity index is 849. The third-order valence-electron chi connectivity index (χ3n) is 3.99. The van der Waals surface area contributed by atoms with Gasteiger partial charge in [0, 0.05) is 0 Å². The first-order valence-corrected chi connectivity index (χ1v) is 9.31. The molecule has 0 saturated heterocycles. The smallest absolute Gasteiger partial charge is 0.339 e. The fraction of sp³-hybridized carbons (Fsp3) is 0.364. The summed E-state index contributed by atoms with van der Waals surface area (Å²) < 4.78 is 21.5. The van der Waals surface area contributed by atoms with Gasteiger partial charge >= 0.3 is 5.97 Å². The fourth-order valence-electron chi connectivity index (χ4n) is 2.43. The molecule has 156 valence electrons. The van der Waals surface area contributed by atoms with Gasteiger partial charge in [-0.2, -0.15) is 0 Å². The summed E-state index contributed by atoms with van der Waals surface area (Å²) in [6, 6.07) is 11.7. The molecule has 0 aliphatic rings. The Labute approximate surface area is 170 Å². The van der Waals surface area contributed by atoms with Gasteiger partial charge in [0.05, 0.1) is 32.1 Å². The number of anilines is 1. The van der Waals surface area contributed by atoms with Gasteiger partial charge < -0.3 is 24.3 Å². The summed E-state index contributed by atoms with van der Waals surface area (Å²) in [5.41, 5.74) is 0.756. The highest BCUT2D eigenvalue weighted by atomic mass is 16.5. The molecule has 7 heteroatoms. The van der Waals surface area contributed by atoms with Crippen molar-refractivity contribution in [1.82, 2.24) is 0 Å². The quantitative estimate of drug-likeness (QED) is 0.641. The van der Waals surface area contributed by atoms with Gasteiger partial charge in [-0.05, 0) is 43.2 Å². The Hall–Kier alpha value is -3.22. The fourth-order valence-corrected chi connectivity index (χ4v) is 2.43. The number of carbonyl (C=O) groups is 2. The summed E-state index contributed by atoms with van der Waals surface area (Å²) in [6.07, 6.45) is -1.00. The van der Waals surface area contributed by atoms with E-state index in [1.165, 1.54) is 27.2 Å². The zero-order valence-electron chi connectivity index (χ0n) is 17.4. The van der Waals surface area contributed by atoms with Crippen LogP contribution in [0.2, 0.25) is 0 Å². The van der Waals surface area contributed by atoms with Crippen molar-refractivity contribution in [3.63, 3.8) is 0 Å². The van der Waals surface area contributed by atoms with E-state index in [1.807, 2.05) is 13.8 Å². The van der Waals surface area contributed by atoms with Crippen LogP contribution in [-0.4, -0.2) is 38.8 Å². The Balaban J connectivity index is 2.03. The van der Waals surface area contributed by atoms with Crippen LogP contribution < -0.4 is 19.5 Å². The minimum atomic E-state index is -1.00. The van der Waals surface area contributed by atoms with E-state index in [0.29, 0.717) is 35.5 Å². The van der Waals surface area contributed by atoms with Gasteiger partial charge in [-0.1, -0.05) is 26.0 Å². The SMILES string of the molecule is COc1ccccc1NC(=O)[C@H](C)OC(=O)c1ccc(OCC(C)C)c(OC)c1. The average molecular weight is 401 g/mol. The van der Waals surface area contributed by atoms with Gasteiger partial charge in [-0.25, -0.2) is 4.79 Å². The largest absolute Gasteiger partial charge is 0.495 e. The Morgan fingerprint density at radius 1 is 0.931 bits per heavy atom. The van der Waals surface area contributed by atoms with Crippen molar-refractivity contribution in [3.8, 4) is 17.2 Å². The molecule has 0 aromatic heterocycles. The van der Waals surface area contributed by atoms with Gasteiger partial charge in [0.15, 0.2) is 17.6 Å². The lowest BCUT2D eigenvalue weighted by molar-refractivity contribution is -0.123. The topological polar surface area (TPSA) is 83.1 Å². The second-order valence-corrected chi connectivity index (χ2v) is 6.81. The zero-order chi connectivity index (χ0) is 21.4. The summed E-state index contributed by atoms with van der Waals surface area (Å²) in [6.45, 7) is 6.10. The number of hydrogen-bond donors (Lipinski definition) is 1. The van der Waals surface area contributed by atoms with Gasteiger partial charge in [-0.15, -0.1) is 0 Å². The third-order valence-corrected chi connectivity index (χ3v) is 3.99. The standard InChI is InChI=1S/C22H27NO6/c1-14(2)13-28-19-11-10-16(12-20(19)27-5)22(25)29-15(3)21(24)23-17-8-6-7-9-18(17)26-4/h6-12,14-15H,13H2,1-5H3,(H,23,24)/t15-/m0/s1. The van der Waals surface area contributed by atoms with Crippen LogP contribution in [-0.2, 0) is 9.53 Å². The Morgan fingerprint density at radius 3 is 2.28 bits per heavy atom. The maximum Gasteiger partial charge on any atom is 0.339 e. The van der Waals surface area contributed by atoms with Crippen molar-refractivity contribution in [3.05, 3.63) is 48.0 Å². The van der Waals surface area contributed by atoms with Crippen molar-refractivity contribution < 1.29 is 28.5 Å². The first-order valence-electron chi connectivity index (χ1n) is 9.31. The lowest BCUT2D eigenvalue weighted by Crippen LogP contribution is -2.30. The van der Waals surface area contributed by atoms with Crippen LogP contribution in [0.25, 0.3) is 0 Å². The number of para-hydroxylation sites is 2. The molecule has 2 aromatic carbocycles. The average Bonchev–Trinajstić information content (AvgIpc) is 2.72. The molecule has 0 radical (unpaired) electrons. The van der Waals surface area contributed by atoms with Crippen molar-refractivity contribution in [2.24, 2.45) is 5.92 Å². The zero-order valence-corrected chi connectivity index (χ0v) is 17.4. The molecule has 0 fully saturated rings. The first-order chi connectivity index (χ1) is 13.8. The maximum absolute atomic E-state index is 12.5. The second-order valence-electron chi connectivity index (χ2n) is 6.81. The summed E-state index contributed by atoms with van der Waals surface area (Å²) in [5, 5.41) is 2.69. The summed E-state index contributed by atoms with van der Waals surface area (Å²) in [7, 11) is 3.01. The number of methoxy groups -OCH3 is 2. The highest BCUT2D eigenvalue weighted by molar-refractivity contribution is 5.98. The van der Waals surface area contributed by atoms with E-state index in [2.05, 4.69) is 5.32 Å². The number of carbonyl (C=O) groups excluding carboxylic acids is 2. The Morgan fingerprint density at radius 2 is 1.62 bits per heavy atom. The molecule has 0 aliphatic carbocycles. The van der Waals surface area contributed by atoms with Crippen molar-refractivity contribution >= 4 is 17.6 Å². The van der Waals surface area contributed by atoms with Gasteiger partial charge in [0.2, 0.25) is 0 Å². The molecule has 2 aromatic rings. The van der Waals surface area contributed by atoms with E-state index in [4.69, 9.17) is 18.9 Å². The van der Waals surface area contributed by atoms with Crippen LogP contribution in [0.5, 0.6) is 17.2 Å². The maximum atomic E-state index is 12.5. The molecular weight excluding hydrogens is 374 g/mol. The number of nitrogens with one attached hydrogen (secondary N) is 1. The van der Waals surface area contributed by atoms with Crippen LogP contribution in [0.15, 0.2) is 42.5 Å². The van der Waals surface area contributed by atoms with Crippen LogP contribution in [0.1, 0.15) is 31.1 Å². The molecule has 0 saturated carbocycles. The van der Waals surface area contributed by atoms with E-state index >= 15 is 0 Å². The molecular formula is C22H27NO6. The number of benzene rings is 2. The number of rotatable bonds is 9. The summed E-state index contributed by atoms with van der Waals surface area (Å²) in [5.74, 6) is 0.729. The summed E-state index contributed by atoms with van der Waals surface area (Å²) >= 11 is 0. The molecule has 2 rings (SSSR count). The number of esters is 1. The van der Waals surface area contributed by atoms with Crippen LogP contribution in [0.3, 0.4) is 0 Å². The van der Waals surface area contributed by atoms with E-state index in [9.17, 15) is 9.59 Å². The van der Waals surface area contributed by atoms with Gasteiger partial charge in [-0.3, -0.25) is 4.79 Å². The molecule has 0 spiro atoms. The summed E-state index contributed by atoms with van der Waals surface area (Å²) in [4.78, 5) is 24.8. The molecule has 0 bridgehead atoms.